The zero-order valence-corrected chi connectivity index (χ0v) is 21.3. The van der Waals surface area contributed by atoms with Crippen molar-refractivity contribution in [2.24, 2.45) is 0 Å². The van der Waals surface area contributed by atoms with Gasteiger partial charge >= 0.3 is 22.5 Å². The smallest absolute Gasteiger partial charge is 0.258 e. The van der Waals surface area contributed by atoms with E-state index >= 15 is 0 Å². The van der Waals surface area contributed by atoms with Gasteiger partial charge in [0.1, 0.15) is 4.90 Å². The molecule has 0 bridgehead atoms. The molecule has 0 unspecified atom stereocenters. The maximum absolute atomic E-state index is 13.6. The summed E-state index contributed by atoms with van der Waals surface area (Å²) in [4.78, 5) is 0.365. The lowest BCUT2D eigenvalue weighted by molar-refractivity contribution is -0.138. The van der Waals surface area contributed by atoms with Crippen molar-refractivity contribution in [3.8, 4) is 0 Å². The van der Waals surface area contributed by atoms with Crippen LogP contribution in [-0.4, -0.2) is 12.0 Å². The Bertz CT molecular complexity index is 1440. The predicted octanol–water partition coefficient (Wildman–Crippen LogP) is 8.71. The van der Waals surface area contributed by atoms with Crippen LogP contribution in [0.4, 0.5) is 26.3 Å². The first-order valence-corrected chi connectivity index (χ1v) is 14.1. The van der Waals surface area contributed by atoms with Crippen molar-refractivity contribution < 1.29 is 38.4 Å². The molecule has 0 aliphatic carbocycles. The normalized spacial score (nSPS) is 13.3. The lowest BCUT2D eigenvalue weighted by atomic mass is 10.2. The van der Waals surface area contributed by atoms with E-state index in [1.54, 1.807) is 49.4 Å². The number of alkyl halides is 6. The Morgan fingerprint density at radius 1 is 0.526 bits per heavy atom. The monoisotopic (exact) mass is 571 g/mol. The topological polar surface area (TPSA) is 46.9 Å². The van der Waals surface area contributed by atoms with Gasteiger partial charge in [-0.2, -0.15) is 26.3 Å². The number of halogens is 6. The van der Waals surface area contributed by atoms with Crippen molar-refractivity contribution in [3.63, 3.8) is 0 Å². The molecule has 0 saturated heterocycles. The summed E-state index contributed by atoms with van der Waals surface area (Å²) in [5, 5.41) is 0. The number of rotatable bonds is 6. The Hall–Kier alpha value is -3.28. The van der Waals surface area contributed by atoms with Crippen LogP contribution in [0.2, 0.25) is 0 Å². The summed E-state index contributed by atoms with van der Waals surface area (Å²) in [6.07, 6.45) is -9.30. The minimum absolute atomic E-state index is 0.104. The summed E-state index contributed by atoms with van der Waals surface area (Å²) in [5.41, 5.74) is -1.14. The highest BCUT2D eigenvalue weighted by Gasteiger charge is 2.44. The van der Waals surface area contributed by atoms with E-state index < -0.39 is 43.9 Å². The summed E-state index contributed by atoms with van der Waals surface area (Å²) >= 11 is 0. The summed E-state index contributed by atoms with van der Waals surface area (Å²) < 4.78 is 112. The van der Waals surface area contributed by atoms with Gasteiger partial charge in [0.05, 0.1) is 36.1 Å². The Balaban J connectivity index is 2.01. The molecule has 0 spiro atoms. The van der Waals surface area contributed by atoms with Crippen molar-refractivity contribution in [2.45, 2.75) is 38.9 Å². The molecule has 0 radical (unpaired) electrons. The van der Waals surface area contributed by atoms with Crippen LogP contribution < -0.4 is 0 Å². The van der Waals surface area contributed by atoms with E-state index in [1.165, 1.54) is 12.1 Å². The highest BCUT2D eigenvalue weighted by molar-refractivity contribution is 8.32. The fourth-order valence-corrected chi connectivity index (χ4v) is 9.20. The minimum Gasteiger partial charge on any atom is -0.258 e. The Kier molecular flexibility index (Phi) is 7.39. The second-order valence-electron chi connectivity index (χ2n) is 8.30. The van der Waals surface area contributed by atoms with Gasteiger partial charge in [-0.25, -0.2) is 0 Å². The van der Waals surface area contributed by atoms with Crippen molar-refractivity contribution >= 4 is 20.4 Å². The molecule has 0 aliphatic rings. The van der Waals surface area contributed by atoms with E-state index in [0.717, 1.165) is 54.1 Å². The van der Waals surface area contributed by atoms with Crippen LogP contribution in [0, 0.1) is 6.92 Å². The van der Waals surface area contributed by atoms with Crippen LogP contribution in [-0.2, 0) is 22.5 Å². The van der Waals surface area contributed by atoms with Gasteiger partial charge in [0.2, 0.25) is 0 Å². The third-order valence-electron chi connectivity index (χ3n) is 5.66. The molecule has 0 atom stereocenters. The average Bonchev–Trinajstić information content (AvgIpc) is 2.87. The molecule has 3 nitrogen and oxygen atoms in total. The number of aryl methyl sites for hydroxylation is 1. The zero-order valence-electron chi connectivity index (χ0n) is 19.7. The molecule has 11 heteroatoms. The second-order valence-corrected chi connectivity index (χ2v) is 12.9. The summed E-state index contributed by atoms with van der Waals surface area (Å²) in [5.74, 6) is 0. The van der Waals surface area contributed by atoms with E-state index in [9.17, 15) is 34.8 Å². The van der Waals surface area contributed by atoms with E-state index in [0.29, 0.717) is 4.90 Å². The SMILES string of the molecule is Cc1ccc(S(=O)(=O)[OH+]S(c2ccccc2)(c2ccc(C(F)(F)F)cc2)c2ccc(C(F)(F)F)cc2)cc1. The van der Waals surface area contributed by atoms with Gasteiger partial charge in [-0.1, -0.05) is 35.9 Å². The zero-order chi connectivity index (χ0) is 27.8. The van der Waals surface area contributed by atoms with Crippen molar-refractivity contribution in [3.05, 3.63) is 120 Å². The molecule has 0 aromatic heterocycles. The molecule has 0 heterocycles. The van der Waals surface area contributed by atoms with Gasteiger partial charge in [0.15, 0.2) is 0 Å². The van der Waals surface area contributed by atoms with Gasteiger partial charge in [-0.15, -0.1) is 8.42 Å². The molecule has 38 heavy (non-hydrogen) atoms. The molecular weight excluding hydrogens is 550 g/mol. The van der Waals surface area contributed by atoms with Gasteiger partial charge in [-0.05, 0) is 79.7 Å². The van der Waals surface area contributed by atoms with Gasteiger partial charge in [0.25, 0.3) is 0 Å². The summed E-state index contributed by atoms with van der Waals surface area (Å²) in [6.45, 7) is 1.76. The lowest BCUT2D eigenvalue weighted by Crippen LogP contribution is -2.19. The molecule has 0 saturated carbocycles. The average molecular weight is 572 g/mol. The first-order valence-electron chi connectivity index (χ1n) is 11.0. The maximum atomic E-state index is 13.6. The highest BCUT2D eigenvalue weighted by Crippen LogP contribution is 2.68. The molecule has 0 aliphatic heterocycles. The minimum atomic E-state index is -4.65. The van der Waals surface area contributed by atoms with E-state index in [4.69, 9.17) is 0 Å². The largest absolute Gasteiger partial charge is 0.422 e. The first-order chi connectivity index (χ1) is 17.7. The Morgan fingerprint density at radius 3 is 1.29 bits per heavy atom. The fraction of sp³-hybridized carbons (Fsp3) is 0.111. The molecule has 1 N–H and O–H groups in total. The summed E-state index contributed by atoms with van der Waals surface area (Å²) in [7, 11) is -7.71. The quantitative estimate of drug-likeness (QED) is 0.132. The molecule has 4 aromatic carbocycles. The summed E-state index contributed by atoms with van der Waals surface area (Å²) in [6, 6.07) is 21.5. The second kappa shape index (κ2) is 10.1. The van der Waals surface area contributed by atoms with Crippen LogP contribution >= 0.6 is 10.3 Å². The van der Waals surface area contributed by atoms with E-state index in [2.05, 4.69) is 3.63 Å². The first kappa shape index (κ1) is 27.7. The fourth-order valence-electron chi connectivity index (χ4n) is 3.74. The van der Waals surface area contributed by atoms with Crippen LogP contribution in [0.5, 0.6) is 0 Å². The van der Waals surface area contributed by atoms with Crippen LogP contribution in [0.1, 0.15) is 16.7 Å². The standard InChI is InChI=1S/C27H20F6O3S2/c1-19-7-13-25(14-8-19)38(34,35)36-37(22-5-3-2-4-6-22,23-15-9-20(10-16-23)26(28,29)30)24-17-11-21(12-18-24)27(31,32)33/h2-18H,1H3/p+1. The maximum Gasteiger partial charge on any atom is 0.422 e. The van der Waals surface area contributed by atoms with E-state index in [-0.39, 0.29) is 14.7 Å². The lowest BCUT2D eigenvalue weighted by Gasteiger charge is -2.35. The number of benzene rings is 4. The molecule has 0 amide bonds. The molecule has 4 aromatic rings. The van der Waals surface area contributed by atoms with Crippen molar-refractivity contribution in [1.82, 2.24) is 0 Å². The van der Waals surface area contributed by atoms with Gasteiger partial charge in [-0.3, -0.25) is 3.63 Å². The highest BCUT2D eigenvalue weighted by atomic mass is 32.3. The van der Waals surface area contributed by atoms with E-state index in [1.807, 2.05) is 0 Å². The van der Waals surface area contributed by atoms with Crippen molar-refractivity contribution in [2.75, 3.05) is 0 Å². The van der Waals surface area contributed by atoms with Crippen LogP contribution in [0.25, 0.3) is 0 Å². The Labute approximate surface area is 217 Å². The third kappa shape index (κ3) is 5.59. The molecule has 200 valence electrons. The number of hydrogen-bond acceptors (Lipinski definition) is 2. The van der Waals surface area contributed by atoms with Gasteiger partial charge in [0, 0.05) is 0 Å². The molecule has 0 fully saturated rings. The number of hydrogen-bond donors (Lipinski definition) is 0. The van der Waals surface area contributed by atoms with Crippen LogP contribution in [0.3, 0.4) is 0 Å². The van der Waals surface area contributed by atoms with Gasteiger partial charge < -0.3 is 0 Å². The predicted molar refractivity (Wildman–Crippen MR) is 133 cm³/mol. The van der Waals surface area contributed by atoms with Crippen molar-refractivity contribution in [1.29, 1.82) is 0 Å². The Morgan fingerprint density at radius 2 is 0.895 bits per heavy atom. The molecular formula is C27H21F6O3S2+. The third-order valence-corrected chi connectivity index (χ3v) is 11.1. The van der Waals surface area contributed by atoms with Crippen LogP contribution in [0.15, 0.2) is 123 Å². The molecule has 4 rings (SSSR count).